The Morgan fingerprint density at radius 2 is 0.770 bits per heavy atom. The summed E-state index contributed by atoms with van der Waals surface area (Å²) >= 11 is 0. The van der Waals surface area contributed by atoms with E-state index in [0.29, 0.717) is 37.8 Å². The van der Waals surface area contributed by atoms with Crippen LogP contribution in [0.1, 0.15) is 70.8 Å². The third kappa shape index (κ3) is 19.3. The molecule has 9 N–H and O–H groups in total. The molecule has 0 bridgehead atoms. The van der Waals surface area contributed by atoms with E-state index in [9.17, 15) is 29.4 Å². The second-order valence-electron chi connectivity index (χ2n) is 13.2. The van der Waals surface area contributed by atoms with Crippen LogP contribution in [0.25, 0.3) is 0 Å². The Labute approximate surface area is 400 Å². The number of aliphatic hydroxyl groups excluding tert-OH is 4. The zero-order chi connectivity index (χ0) is 43.9. The fourth-order valence-electron chi connectivity index (χ4n) is 6.38. The topological polar surface area (TPSA) is 272 Å². The minimum absolute atomic E-state index is 0. The number of benzene rings is 3. The van der Waals surface area contributed by atoms with E-state index in [1.807, 2.05) is 0 Å². The Kier molecular flexibility index (Phi) is 28.8. The second-order valence-corrected chi connectivity index (χ2v) is 13.2. The van der Waals surface area contributed by atoms with E-state index in [-0.39, 0.29) is 59.1 Å². The number of hydrogen-bond donors (Lipinski definition) is 9. The molecular weight excluding hydrogens is 808 g/mol. The Hall–Kier alpha value is -4.06. The largest absolute Gasteiger partial charge is 1.00 e. The van der Waals surface area contributed by atoms with Gasteiger partial charge < -0.3 is 50.4 Å². The molecule has 61 heavy (non-hydrogen) atoms. The van der Waals surface area contributed by atoms with Gasteiger partial charge in [-0.15, -0.1) is 19.3 Å². The molecule has 3 aromatic rings. The molecule has 0 heterocycles. The smallest absolute Gasteiger partial charge is 0.547 e. The predicted octanol–water partition coefficient (Wildman–Crippen LogP) is -7.22. The first-order valence-corrected chi connectivity index (χ1v) is 18.5. The van der Waals surface area contributed by atoms with Crippen LogP contribution in [0, 0.1) is 37.0 Å². The van der Waals surface area contributed by atoms with E-state index in [4.69, 9.17) is 49.9 Å². The van der Waals surface area contributed by atoms with Crippen LogP contribution < -0.4 is 85.3 Å². The van der Waals surface area contributed by atoms with E-state index in [2.05, 4.69) is 107 Å². The van der Waals surface area contributed by atoms with Gasteiger partial charge in [0.15, 0.2) is 12.2 Å². The van der Waals surface area contributed by atoms with Gasteiger partial charge in [-0.3, -0.25) is 16.0 Å². The number of fused-ring (bicyclic) bond motifs is 3. The van der Waals surface area contributed by atoms with Crippen molar-refractivity contribution in [1.29, 1.82) is 0 Å². The number of carbonyl (C=O) groups is 4. The number of hydrogen-bond acceptors (Lipinski definition) is 13. The summed E-state index contributed by atoms with van der Waals surface area (Å²) in [5.74, 6) is 0.188. The van der Waals surface area contributed by atoms with Crippen LogP contribution in [0.15, 0.2) is 72.8 Å². The number of carbonyl (C=O) groups excluding carboxylic acids is 2. The molecule has 3 aliphatic rings. The van der Waals surface area contributed by atoms with Crippen molar-refractivity contribution in [3.8, 4) is 37.0 Å². The maximum absolute atomic E-state index is 9.77. The van der Waals surface area contributed by atoms with Crippen molar-refractivity contribution in [2.45, 2.75) is 81.1 Å². The summed E-state index contributed by atoms with van der Waals surface area (Å²) in [6.07, 6.45) is 13.3. The van der Waals surface area contributed by atoms with E-state index in [1.165, 1.54) is 71.9 Å². The van der Waals surface area contributed by atoms with Crippen molar-refractivity contribution >= 4 is 23.9 Å². The van der Waals surface area contributed by atoms with Crippen LogP contribution in [0.4, 0.5) is 0 Å². The van der Waals surface area contributed by atoms with Gasteiger partial charge in [0.25, 0.3) is 0 Å². The molecule has 6 rings (SSSR count). The predicted molar refractivity (Wildman–Crippen MR) is 212 cm³/mol. The summed E-state index contributed by atoms with van der Waals surface area (Å²) in [6.45, 7) is 2.00. The summed E-state index contributed by atoms with van der Waals surface area (Å²) in [7, 11) is 0. The van der Waals surface area contributed by atoms with Gasteiger partial charge in [-0.25, -0.2) is 9.59 Å². The van der Waals surface area contributed by atoms with Gasteiger partial charge in [0, 0.05) is 18.1 Å². The van der Waals surface area contributed by atoms with Crippen molar-refractivity contribution in [2.24, 2.45) is 0 Å². The standard InChI is InChI=1S/3C12H13N.2C4H6O6.2Na/c3*1-2-9-13-12-8-7-10-5-3-4-6-11(10)12;2*5-1(3(7)8)2(6)4(9)10;;/h3*1,3-6,12-13H,7-9H2;2*1-2,5-6H,(H,7,8)(H,9,10);;/q;;;;;2*+1/p-2/t3*12-;2*1-,2-;;/m11111../s1. The van der Waals surface area contributed by atoms with Crippen LogP contribution in [-0.4, -0.2) is 98.6 Å². The summed E-state index contributed by atoms with van der Waals surface area (Å²) in [5, 5.41) is 78.3. The number of rotatable bonds is 12. The Bertz CT molecular complexity index is 1740. The Balaban J connectivity index is 0.000000737. The van der Waals surface area contributed by atoms with Gasteiger partial charge in [-0.1, -0.05) is 90.6 Å². The third-order valence-corrected chi connectivity index (χ3v) is 9.34. The number of aliphatic carboxylic acids is 4. The molecule has 17 heteroatoms. The Morgan fingerprint density at radius 1 is 0.525 bits per heavy atom. The minimum Gasteiger partial charge on any atom is -0.547 e. The van der Waals surface area contributed by atoms with Crippen LogP contribution in [0.3, 0.4) is 0 Å². The molecule has 0 fully saturated rings. The number of aliphatic hydroxyl groups is 4. The molecule has 0 aliphatic heterocycles. The maximum atomic E-state index is 9.77. The third-order valence-electron chi connectivity index (χ3n) is 9.34. The minimum atomic E-state index is -2.44. The summed E-state index contributed by atoms with van der Waals surface area (Å²) in [6, 6.07) is 27.2. The normalized spacial score (nSPS) is 17.6. The first-order valence-electron chi connectivity index (χ1n) is 18.5. The van der Waals surface area contributed by atoms with Crippen LogP contribution in [0.5, 0.6) is 0 Å². The molecule has 0 unspecified atom stereocenters. The van der Waals surface area contributed by atoms with Gasteiger partial charge in [0.05, 0.1) is 31.6 Å². The monoisotopic (exact) mass is 857 g/mol. The number of terminal acetylenes is 3. The molecule has 0 amide bonds. The second kappa shape index (κ2) is 30.9. The molecular formula is C44H49N3Na2O12. The van der Waals surface area contributed by atoms with Crippen molar-refractivity contribution < 1.29 is 119 Å². The SMILES string of the molecule is C#CCN[C@@H]1CCc2ccccc21.C#CCN[C@@H]1CCc2ccccc21.C#CCN[C@@H]1CCc2ccccc21.O=C(O)[C@H](O)[C@@H](O)C(=O)O.O=C([O-])[C@H](O)[C@@H](O)C(=O)[O-].[Na+].[Na+]. The van der Waals surface area contributed by atoms with Gasteiger partial charge in [-0.2, -0.15) is 0 Å². The zero-order valence-electron chi connectivity index (χ0n) is 34.2. The number of aryl methyl sites for hydroxylation is 3. The van der Waals surface area contributed by atoms with E-state index < -0.39 is 48.3 Å². The van der Waals surface area contributed by atoms with Crippen LogP contribution in [-0.2, 0) is 38.4 Å². The van der Waals surface area contributed by atoms with Gasteiger partial charge in [-0.05, 0) is 71.9 Å². The fraction of sp³-hybridized carbons (Fsp3) is 0.364. The first kappa shape index (κ1) is 56.9. The summed E-state index contributed by atoms with van der Waals surface area (Å²) in [5.41, 5.74) is 8.69. The molecule has 0 spiro atoms. The van der Waals surface area contributed by atoms with Gasteiger partial charge in [0.1, 0.15) is 12.2 Å². The molecule has 0 saturated heterocycles. The molecule has 0 radical (unpaired) electrons. The van der Waals surface area contributed by atoms with Crippen molar-refractivity contribution in [1.82, 2.24) is 16.0 Å². The molecule has 15 nitrogen and oxygen atoms in total. The van der Waals surface area contributed by atoms with Crippen molar-refractivity contribution in [3.63, 3.8) is 0 Å². The first-order chi connectivity index (χ1) is 28.2. The Morgan fingerprint density at radius 3 is 0.984 bits per heavy atom. The maximum Gasteiger partial charge on any atom is 1.00 e. The molecule has 3 aromatic carbocycles. The van der Waals surface area contributed by atoms with E-state index in [0.717, 1.165) is 0 Å². The zero-order valence-corrected chi connectivity index (χ0v) is 38.2. The summed E-state index contributed by atoms with van der Waals surface area (Å²) in [4.78, 5) is 38.8. The number of carboxylic acid groups (broad SMARTS) is 4. The number of carboxylic acids is 4. The average Bonchev–Trinajstić information content (AvgIpc) is 3.98. The molecule has 3 aliphatic carbocycles. The molecule has 314 valence electrons. The quantitative estimate of drug-likeness (QED) is 0.0605. The summed E-state index contributed by atoms with van der Waals surface area (Å²) < 4.78 is 0. The number of nitrogens with one attached hydrogen (secondary N) is 3. The fourth-order valence-corrected chi connectivity index (χ4v) is 6.38. The average molecular weight is 858 g/mol. The van der Waals surface area contributed by atoms with Crippen molar-refractivity contribution in [3.05, 3.63) is 106 Å². The van der Waals surface area contributed by atoms with Crippen LogP contribution >= 0.6 is 0 Å². The molecule has 0 aromatic heterocycles. The van der Waals surface area contributed by atoms with Gasteiger partial charge in [0.2, 0.25) is 0 Å². The molecule has 7 atom stereocenters. The van der Waals surface area contributed by atoms with Crippen LogP contribution in [0.2, 0.25) is 0 Å². The molecule has 0 saturated carbocycles. The van der Waals surface area contributed by atoms with E-state index >= 15 is 0 Å². The van der Waals surface area contributed by atoms with E-state index in [1.54, 1.807) is 0 Å². The van der Waals surface area contributed by atoms with Crippen molar-refractivity contribution in [2.75, 3.05) is 19.6 Å². The van der Waals surface area contributed by atoms with Gasteiger partial charge >= 0.3 is 71.1 Å².